The topological polar surface area (TPSA) is 68.5 Å². The summed E-state index contributed by atoms with van der Waals surface area (Å²) < 4.78 is 6.92. The van der Waals surface area contributed by atoms with Crippen LogP contribution < -0.4 is 5.32 Å². The van der Waals surface area contributed by atoms with Crippen molar-refractivity contribution >= 4 is 11.7 Å². The molecule has 6 nitrogen and oxygen atoms in total. The summed E-state index contributed by atoms with van der Waals surface area (Å²) in [6.07, 6.45) is 6.28. The summed E-state index contributed by atoms with van der Waals surface area (Å²) in [5.74, 6) is 5.82. The fourth-order valence-electron chi connectivity index (χ4n) is 1.96. The minimum atomic E-state index is -0.495. The van der Waals surface area contributed by atoms with Crippen LogP contribution in [0.25, 0.3) is 5.65 Å². The highest BCUT2D eigenvalue weighted by Crippen LogP contribution is 2.02. The molecule has 0 bridgehead atoms. The normalized spacial score (nSPS) is 9.91. The van der Waals surface area contributed by atoms with Crippen LogP contribution in [0.3, 0.4) is 0 Å². The van der Waals surface area contributed by atoms with E-state index < -0.39 is 6.09 Å². The average Bonchev–Trinajstić information content (AvgIpc) is 3.01. The van der Waals surface area contributed by atoms with E-state index in [2.05, 4.69) is 27.1 Å². The van der Waals surface area contributed by atoms with Gasteiger partial charge in [0, 0.05) is 12.4 Å². The van der Waals surface area contributed by atoms with Crippen molar-refractivity contribution in [1.29, 1.82) is 0 Å². The number of hydrogen-bond acceptors (Lipinski definition) is 4. The zero-order valence-corrected chi connectivity index (χ0v) is 12.3. The van der Waals surface area contributed by atoms with E-state index in [9.17, 15) is 4.79 Å². The maximum Gasteiger partial charge on any atom is 0.408 e. The Balaban J connectivity index is 1.49. The number of rotatable bonds is 3. The van der Waals surface area contributed by atoms with Crippen molar-refractivity contribution < 1.29 is 9.53 Å². The Labute approximate surface area is 133 Å². The van der Waals surface area contributed by atoms with Gasteiger partial charge in [-0.15, -0.1) is 0 Å². The van der Waals surface area contributed by atoms with Gasteiger partial charge in [-0.25, -0.2) is 9.78 Å². The number of amides is 1. The van der Waals surface area contributed by atoms with E-state index in [-0.39, 0.29) is 13.2 Å². The largest absolute Gasteiger partial charge is 0.445 e. The number of carbonyl (C=O) groups is 1. The number of nitrogens with zero attached hydrogens (tertiary/aromatic N) is 3. The highest BCUT2D eigenvalue weighted by molar-refractivity contribution is 5.67. The molecule has 3 aromatic rings. The average molecular weight is 306 g/mol. The lowest BCUT2D eigenvalue weighted by Crippen LogP contribution is -2.24. The first-order valence-corrected chi connectivity index (χ1v) is 7.03. The van der Waals surface area contributed by atoms with E-state index in [1.54, 1.807) is 24.8 Å². The van der Waals surface area contributed by atoms with Crippen molar-refractivity contribution in [3.05, 3.63) is 66.4 Å². The van der Waals surface area contributed by atoms with Crippen LogP contribution in [0.15, 0.2) is 55.1 Å². The number of aromatic nitrogens is 3. The fourth-order valence-corrected chi connectivity index (χ4v) is 1.96. The molecule has 1 N–H and O–H groups in total. The Hall–Kier alpha value is -3.33. The minimum Gasteiger partial charge on any atom is -0.445 e. The zero-order chi connectivity index (χ0) is 15.9. The monoisotopic (exact) mass is 306 g/mol. The number of imidazole rings is 1. The lowest BCUT2D eigenvalue weighted by atomic mass is 10.2. The molecule has 3 rings (SSSR count). The summed E-state index contributed by atoms with van der Waals surface area (Å²) >= 11 is 0. The van der Waals surface area contributed by atoms with Gasteiger partial charge in [0.05, 0.1) is 18.9 Å². The van der Waals surface area contributed by atoms with E-state index in [0.29, 0.717) is 0 Å². The van der Waals surface area contributed by atoms with Gasteiger partial charge < -0.3 is 10.1 Å². The highest BCUT2D eigenvalue weighted by atomic mass is 16.5. The molecule has 1 amide bonds. The number of nitrogens with one attached hydrogen (secondary N) is 1. The molecule has 0 fully saturated rings. The predicted molar refractivity (Wildman–Crippen MR) is 84.5 cm³/mol. The van der Waals surface area contributed by atoms with Gasteiger partial charge in [0.2, 0.25) is 0 Å². The van der Waals surface area contributed by atoms with Crippen LogP contribution in [0.4, 0.5) is 4.79 Å². The summed E-state index contributed by atoms with van der Waals surface area (Å²) in [6, 6.07) is 9.50. The summed E-state index contributed by atoms with van der Waals surface area (Å²) in [5, 5.41) is 2.59. The summed E-state index contributed by atoms with van der Waals surface area (Å²) in [4.78, 5) is 19.7. The maximum absolute atomic E-state index is 11.6. The molecule has 0 aliphatic carbocycles. The molecule has 2 heterocycles. The van der Waals surface area contributed by atoms with Gasteiger partial charge in [-0.05, 0) is 11.5 Å². The molecule has 1 aromatic carbocycles. The third kappa shape index (κ3) is 3.86. The Morgan fingerprint density at radius 3 is 3.00 bits per heavy atom. The van der Waals surface area contributed by atoms with Crippen molar-refractivity contribution in [1.82, 2.24) is 19.7 Å². The van der Waals surface area contributed by atoms with Crippen molar-refractivity contribution in [2.45, 2.75) is 6.61 Å². The molecule has 0 saturated heterocycles. The lowest BCUT2D eigenvalue weighted by Gasteiger charge is -2.04. The van der Waals surface area contributed by atoms with Gasteiger partial charge in [-0.2, -0.15) is 0 Å². The number of ether oxygens (including phenoxy) is 1. The maximum atomic E-state index is 11.6. The Morgan fingerprint density at radius 1 is 1.26 bits per heavy atom. The first kappa shape index (κ1) is 14.6. The number of alkyl carbamates (subject to hydrolysis) is 1. The van der Waals surface area contributed by atoms with Crippen molar-refractivity contribution in [3.8, 4) is 11.8 Å². The van der Waals surface area contributed by atoms with Crippen LogP contribution in [-0.2, 0) is 11.3 Å². The minimum absolute atomic E-state index is 0.200. The molecule has 0 radical (unpaired) electrons. The summed E-state index contributed by atoms with van der Waals surface area (Å²) in [6.45, 7) is 0.437. The van der Waals surface area contributed by atoms with E-state index in [0.717, 1.165) is 16.9 Å². The van der Waals surface area contributed by atoms with E-state index in [4.69, 9.17) is 4.74 Å². The Kier molecular flexibility index (Phi) is 4.50. The summed E-state index contributed by atoms with van der Waals surface area (Å²) in [5.41, 5.74) is 2.40. The SMILES string of the molecule is O=C(NCC#Cc1cnc2cnccn12)OCc1ccccc1. The van der Waals surface area contributed by atoms with Crippen LogP contribution in [-0.4, -0.2) is 27.0 Å². The smallest absolute Gasteiger partial charge is 0.408 e. The first-order valence-electron chi connectivity index (χ1n) is 7.03. The molecule has 0 aliphatic rings. The molecule has 0 spiro atoms. The van der Waals surface area contributed by atoms with Gasteiger partial charge in [0.15, 0.2) is 5.65 Å². The first-order chi connectivity index (χ1) is 11.3. The van der Waals surface area contributed by atoms with Gasteiger partial charge in [-0.3, -0.25) is 9.38 Å². The van der Waals surface area contributed by atoms with Gasteiger partial charge >= 0.3 is 6.09 Å². The number of benzene rings is 1. The molecule has 0 unspecified atom stereocenters. The van der Waals surface area contributed by atoms with Crippen molar-refractivity contribution in [3.63, 3.8) is 0 Å². The molecule has 0 atom stereocenters. The zero-order valence-electron chi connectivity index (χ0n) is 12.3. The van der Waals surface area contributed by atoms with Crippen LogP contribution in [0.2, 0.25) is 0 Å². The highest BCUT2D eigenvalue weighted by Gasteiger charge is 2.01. The second-order valence-corrected chi connectivity index (χ2v) is 4.67. The summed E-state index contributed by atoms with van der Waals surface area (Å²) in [7, 11) is 0. The Morgan fingerprint density at radius 2 is 2.13 bits per heavy atom. The van der Waals surface area contributed by atoms with E-state index in [1.807, 2.05) is 34.7 Å². The van der Waals surface area contributed by atoms with Crippen LogP contribution in [0, 0.1) is 11.8 Å². The molecule has 0 aliphatic heterocycles. The fraction of sp³-hybridized carbons (Fsp3) is 0.118. The number of fused-ring (bicyclic) bond motifs is 1. The van der Waals surface area contributed by atoms with Crippen LogP contribution >= 0.6 is 0 Å². The van der Waals surface area contributed by atoms with E-state index in [1.165, 1.54) is 0 Å². The van der Waals surface area contributed by atoms with E-state index >= 15 is 0 Å². The van der Waals surface area contributed by atoms with Gasteiger partial charge in [-0.1, -0.05) is 36.3 Å². The third-order valence-corrected chi connectivity index (χ3v) is 3.07. The molecular formula is C17H14N4O2. The standard InChI is InChI=1S/C17H14N4O2/c22-17(23-13-14-5-2-1-3-6-14)19-8-4-7-15-11-20-16-12-18-9-10-21(15)16/h1-3,5-6,9-12H,8,13H2,(H,19,22). The number of hydrogen-bond donors (Lipinski definition) is 1. The molecule has 2 aromatic heterocycles. The molecule has 114 valence electrons. The third-order valence-electron chi connectivity index (χ3n) is 3.07. The molecule has 6 heteroatoms. The Bertz CT molecular complexity index is 862. The quantitative estimate of drug-likeness (QED) is 0.752. The number of carbonyl (C=O) groups excluding carboxylic acids is 1. The second kappa shape index (κ2) is 7.09. The molecule has 0 saturated carbocycles. The van der Waals surface area contributed by atoms with Crippen LogP contribution in [0.1, 0.15) is 11.3 Å². The van der Waals surface area contributed by atoms with Gasteiger partial charge in [0.1, 0.15) is 12.3 Å². The second-order valence-electron chi connectivity index (χ2n) is 4.67. The molecule has 23 heavy (non-hydrogen) atoms. The van der Waals surface area contributed by atoms with Crippen molar-refractivity contribution in [2.75, 3.05) is 6.54 Å². The van der Waals surface area contributed by atoms with Crippen molar-refractivity contribution in [2.24, 2.45) is 0 Å². The van der Waals surface area contributed by atoms with Crippen LogP contribution in [0.5, 0.6) is 0 Å². The van der Waals surface area contributed by atoms with Gasteiger partial charge in [0.25, 0.3) is 0 Å². The molecular weight excluding hydrogens is 292 g/mol. The lowest BCUT2D eigenvalue weighted by molar-refractivity contribution is 0.141. The predicted octanol–water partition coefficient (Wildman–Crippen LogP) is 2.01.